The lowest BCUT2D eigenvalue weighted by Gasteiger charge is -2.36. The number of carbonyl (C=O) groups excluding carboxylic acids is 2. The number of likely N-dealkylation sites (tertiary alicyclic amines) is 1. The van der Waals surface area contributed by atoms with E-state index in [9.17, 15) is 9.59 Å². The number of piperidine rings is 1. The van der Waals surface area contributed by atoms with Crippen LogP contribution in [0.25, 0.3) is 0 Å². The van der Waals surface area contributed by atoms with Gasteiger partial charge in [0.2, 0.25) is 11.8 Å². The van der Waals surface area contributed by atoms with Crippen molar-refractivity contribution in [2.75, 3.05) is 26.8 Å². The van der Waals surface area contributed by atoms with E-state index in [4.69, 9.17) is 4.74 Å². The van der Waals surface area contributed by atoms with Gasteiger partial charge >= 0.3 is 0 Å². The molecule has 20 heavy (non-hydrogen) atoms. The smallest absolute Gasteiger partial charge is 0.242 e. The van der Waals surface area contributed by atoms with E-state index in [2.05, 4.69) is 10.6 Å². The highest BCUT2D eigenvalue weighted by Crippen LogP contribution is 2.15. The van der Waals surface area contributed by atoms with E-state index in [-0.39, 0.29) is 23.9 Å². The Balaban J connectivity index is 2.55. The standard InChI is InChI=1S/C14H27N3O3/c1-10(2)16-12-6-5-8-17(14(12)19)11(3)13(18)15-7-9-20-4/h10-12,16H,5-9H2,1-4H3,(H,15,18). The largest absolute Gasteiger partial charge is 0.383 e. The van der Waals surface area contributed by atoms with Crippen LogP contribution in [0.1, 0.15) is 33.6 Å². The van der Waals surface area contributed by atoms with Crippen molar-refractivity contribution in [1.29, 1.82) is 0 Å². The van der Waals surface area contributed by atoms with E-state index in [1.165, 1.54) is 0 Å². The van der Waals surface area contributed by atoms with Crippen LogP contribution in [-0.2, 0) is 14.3 Å². The number of hydrogen-bond donors (Lipinski definition) is 2. The molecule has 116 valence electrons. The molecule has 6 nitrogen and oxygen atoms in total. The van der Waals surface area contributed by atoms with Gasteiger partial charge in [-0.1, -0.05) is 13.8 Å². The van der Waals surface area contributed by atoms with Crippen molar-refractivity contribution in [3.8, 4) is 0 Å². The Labute approximate surface area is 121 Å². The lowest BCUT2D eigenvalue weighted by Crippen LogP contribution is -2.58. The fraction of sp³-hybridized carbons (Fsp3) is 0.857. The molecule has 0 aromatic rings. The molecule has 0 spiro atoms. The summed E-state index contributed by atoms with van der Waals surface area (Å²) in [6.07, 6.45) is 1.76. The molecule has 1 heterocycles. The molecule has 2 amide bonds. The maximum absolute atomic E-state index is 12.4. The summed E-state index contributed by atoms with van der Waals surface area (Å²) in [5.41, 5.74) is 0. The lowest BCUT2D eigenvalue weighted by atomic mass is 10.0. The van der Waals surface area contributed by atoms with Gasteiger partial charge in [0.15, 0.2) is 0 Å². The van der Waals surface area contributed by atoms with Crippen molar-refractivity contribution < 1.29 is 14.3 Å². The molecule has 0 aliphatic carbocycles. The minimum absolute atomic E-state index is 0.0272. The number of amides is 2. The van der Waals surface area contributed by atoms with Gasteiger partial charge in [-0.15, -0.1) is 0 Å². The summed E-state index contributed by atoms with van der Waals surface area (Å²) in [5, 5.41) is 6.04. The summed E-state index contributed by atoms with van der Waals surface area (Å²) in [6.45, 7) is 7.41. The van der Waals surface area contributed by atoms with Gasteiger partial charge < -0.3 is 20.3 Å². The van der Waals surface area contributed by atoms with Gasteiger partial charge in [0.05, 0.1) is 12.6 Å². The molecule has 0 bridgehead atoms. The minimum Gasteiger partial charge on any atom is -0.383 e. The second-order valence-electron chi connectivity index (χ2n) is 5.51. The third kappa shape index (κ3) is 4.76. The van der Waals surface area contributed by atoms with Crippen LogP contribution < -0.4 is 10.6 Å². The van der Waals surface area contributed by atoms with Crippen LogP contribution in [0.4, 0.5) is 0 Å². The molecule has 1 saturated heterocycles. The van der Waals surface area contributed by atoms with Crippen LogP contribution in [0.2, 0.25) is 0 Å². The van der Waals surface area contributed by atoms with Crippen LogP contribution in [0.5, 0.6) is 0 Å². The Kier molecular flexibility index (Phi) is 6.95. The van der Waals surface area contributed by atoms with Gasteiger partial charge in [0.1, 0.15) is 6.04 Å². The van der Waals surface area contributed by atoms with Crippen LogP contribution >= 0.6 is 0 Å². The summed E-state index contributed by atoms with van der Waals surface area (Å²) >= 11 is 0. The highest BCUT2D eigenvalue weighted by Gasteiger charge is 2.34. The molecule has 0 saturated carbocycles. The fourth-order valence-electron chi connectivity index (χ4n) is 2.41. The summed E-state index contributed by atoms with van der Waals surface area (Å²) in [5.74, 6) is -0.0973. The average molecular weight is 285 g/mol. The molecule has 1 fully saturated rings. The number of ether oxygens (including phenoxy) is 1. The van der Waals surface area contributed by atoms with Crippen LogP contribution in [0.15, 0.2) is 0 Å². The van der Waals surface area contributed by atoms with Crippen molar-refractivity contribution in [2.45, 2.75) is 51.7 Å². The van der Waals surface area contributed by atoms with Crippen molar-refractivity contribution >= 4 is 11.8 Å². The Morgan fingerprint density at radius 1 is 1.45 bits per heavy atom. The SMILES string of the molecule is COCCNC(=O)C(C)N1CCCC(NC(C)C)C1=O. The maximum Gasteiger partial charge on any atom is 0.242 e. The number of hydrogen-bond acceptors (Lipinski definition) is 4. The molecular formula is C14H27N3O3. The molecule has 1 rings (SSSR count). The normalized spacial score (nSPS) is 21.1. The van der Waals surface area contributed by atoms with Gasteiger partial charge in [-0.2, -0.15) is 0 Å². The molecule has 0 aromatic heterocycles. The van der Waals surface area contributed by atoms with Crippen molar-refractivity contribution in [2.24, 2.45) is 0 Å². The summed E-state index contributed by atoms with van der Waals surface area (Å²) in [7, 11) is 1.59. The zero-order valence-corrected chi connectivity index (χ0v) is 12.9. The first-order chi connectivity index (χ1) is 9.47. The topological polar surface area (TPSA) is 70.7 Å². The van der Waals surface area contributed by atoms with Gasteiger partial charge in [-0.25, -0.2) is 0 Å². The van der Waals surface area contributed by atoms with Crippen LogP contribution in [-0.4, -0.2) is 61.6 Å². The van der Waals surface area contributed by atoms with E-state index < -0.39 is 6.04 Å². The van der Waals surface area contributed by atoms with Gasteiger partial charge in [-0.05, 0) is 19.8 Å². The van der Waals surface area contributed by atoms with E-state index in [1.807, 2.05) is 13.8 Å². The third-order valence-corrected chi connectivity index (χ3v) is 3.46. The quantitative estimate of drug-likeness (QED) is 0.652. The number of methoxy groups -OCH3 is 1. The Hall–Kier alpha value is -1.14. The molecule has 0 radical (unpaired) electrons. The Bertz CT molecular complexity index is 334. The molecule has 6 heteroatoms. The van der Waals surface area contributed by atoms with Gasteiger partial charge in [0, 0.05) is 26.2 Å². The summed E-state index contributed by atoms with van der Waals surface area (Å²) < 4.78 is 4.89. The zero-order valence-electron chi connectivity index (χ0n) is 12.9. The van der Waals surface area contributed by atoms with E-state index in [1.54, 1.807) is 18.9 Å². The van der Waals surface area contributed by atoms with Gasteiger partial charge in [-0.3, -0.25) is 9.59 Å². The molecule has 1 aliphatic heterocycles. The molecule has 2 unspecified atom stereocenters. The molecule has 2 N–H and O–H groups in total. The highest BCUT2D eigenvalue weighted by atomic mass is 16.5. The predicted molar refractivity (Wildman–Crippen MR) is 77.4 cm³/mol. The van der Waals surface area contributed by atoms with E-state index >= 15 is 0 Å². The first kappa shape index (κ1) is 16.9. The number of rotatable bonds is 7. The molecule has 2 atom stereocenters. The third-order valence-electron chi connectivity index (χ3n) is 3.46. The molecule has 0 aromatic carbocycles. The number of nitrogens with one attached hydrogen (secondary N) is 2. The molecular weight excluding hydrogens is 258 g/mol. The predicted octanol–water partition coefficient (Wildman–Crippen LogP) is 0.127. The second-order valence-corrected chi connectivity index (χ2v) is 5.51. The fourth-order valence-corrected chi connectivity index (χ4v) is 2.41. The Morgan fingerprint density at radius 3 is 2.75 bits per heavy atom. The Morgan fingerprint density at radius 2 is 2.15 bits per heavy atom. The zero-order chi connectivity index (χ0) is 15.1. The van der Waals surface area contributed by atoms with Crippen LogP contribution in [0.3, 0.4) is 0 Å². The molecule has 1 aliphatic rings. The minimum atomic E-state index is -0.434. The summed E-state index contributed by atoms with van der Waals surface area (Å²) in [4.78, 5) is 26.1. The second kappa shape index (κ2) is 8.21. The van der Waals surface area contributed by atoms with E-state index in [0.29, 0.717) is 19.7 Å². The monoisotopic (exact) mass is 285 g/mol. The first-order valence-corrected chi connectivity index (χ1v) is 7.30. The van der Waals surface area contributed by atoms with Gasteiger partial charge in [0.25, 0.3) is 0 Å². The number of carbonyl (C=O) groups is 2. The average Bonchev–Trinajstić information content (AvgIpc) is 2.40. The number of nitrogens with zero attached hydrogens (tertiary/aromatic N) is 1. The maximum atomic E-state index is 12.4. The van der Waals surface area contributed by atoms with Crippen LogP contribution in [0, 0.1) is 0 Å². The highest BCUT2D eigenvalue weighted by molar-refractivity contribution is 5.90. The van der Waals surface area contributed by atoms with E-state index in [0.717, 1.165) is 12.8 Å². The lowest BCUT2D eigenvalue weighted by molar-refractivity contribution is -0.144. The first-order valence-electron chi connectivity index (χ1n) is 7.30. The van der Waals surface area contributed by atoms with Crippen molar-refractivity contribution in [1.82, 2.24) is 15.5 Å². The van der Waals surface area contributed by atoms with Crippen molar-refractivity contribution in [3.63, 3.8) is 0 Å². The van der Waals surface area contributed by atoms with Crippen molar-refractivity contribution in [3.05, 3.63) is 0 Å². The summed E-state index contributed by atoms with van der Waals surface area (Å²) in [6, 6.07) is -0.344.